The summed E-state index contributed by atoms with van der Waals surface area (Å²) in [5, 5.41) is 7.93. The van der Waals surface area contributed by atoms with Crippen molar-refractivity contribution in [1.29, 1.82) is 0 Å². The Morgan fingerprint density at radius 1 is 1.12 bits per heavy atom. The molecule has 0 aliphatic heterocycles. The van der Waals surface area contributed by atoms with Gasteiger partial charge in [-0.25, -0.2) is 0 Å². The zero-order valence-corrected chi connectivity index (χ0v) is 15.1. The first-order chi connectivity index (χ1) is 12.2. The van der Waals surface area contributed by atoms with E-state index in [1.807, 2.05) is 65.5 Å². The molecule has 25 heavy (non-hydrogen) atoms. The number of carbonyl (C=O) groups excluding carboxylic acids is 1. The van der Waals surface area contributed by atoms with E-state index < -0.39 is 0 Å². The lowest BCUT2D eigenvalue weighted by Gasteiger charge is -2.11. The van der Waals surface area contributed by atoms with Crippen LogP contribution in [0.1, 0.15) is 12.0 Å². The fraction of sp³-hybridized carbons (Fsp3) is 0.158. The summed E-state index contributed by atoms with van der Waals surface area (Å²) in [6.07, 6.45) is 4.10. The van der Waals surface area contributed by atoms with E-state index in [1.165, 1.54) is 0 Å². The minimum atomic E-state index is 0.00868. The number of hydrogen-bond donors (Lipinski definition) is 1. The second-order valence-corrected chi connectivity index (χ2v) is 7.07. The van der Waals surface area contributed by atoms with E-state index in [0.717, 1.165) is 26.9 Å². The zero-order valence-electron chi connectivity index (χ0n) is 13.6. The van der Waals surface area contributed by atoms with Crippen LogP contribution in [0.2, 0.25) is 5.02 Å². The molecule has 4 nitrogen and oxygen atoms in total. The Balaban J connectivity index is 1.53. The van der Waals surface area contributed by atoms with Crippen LogP contribution in [0.3, 0.4) is 0 Å². The minimum Gasteiger partial charge on any atom is -0.326 e. The summed E-state index contributed by atoms with van der Waals surface area (Å²) in [5.41, 5.74) is 1.87. The van der Waals surface area contributed by atoms with Gasteiger partial charge in [-0.05, 0) is 42.0 Å². The van der Waals surface area contributed by atoms with E-state index >= 15 is 0 Å². The van der Waals surface area contributed by atoms with Gasteiger partial charge in [0.05, 0.1) is 6.54 Å². The van der Waals surface area contributed by atoms with Crippen molar-refractivity contribution in [2.24, 2.45) is 0 Å². The average molecular weight is 372 g/mol. The Morgan fingerprint density at radius 3 is 2.68 bits per heavy atom. The molecule has 0 bridgehead atoms. The summed E-state index contributed by atoms with van der Waals surface area (Å²) < 4.78 is 1.83. The number of carbonyl (C=O) groups is 1. The van der Waals surface area contributed by atoms with Crippen molar-refractivity contribution in [1.82, 2.24) is 9.78 Å². The van der Waals surface area contributed by atoms with E-state index in [1.54, 1.807) is 18.0 Å². The predicted octanol–water partition coefficient (Wildman–Crippen LogP) is 4.71. The molecular formula is C19H18ClN3OS. The maximum atomic E-state index is 12.2. The Morgan fingerprint density at radius 2 is 1.92 bits per heavy atom. The third-order valence-corrected chi connectivity index (χ3v) is 4.86. The van der Waals surface area contributed by atoms with Crippen LogP contribution < -0.4 is 5.32 Å². The van der Waals surface area contributed by atoms with Crippen molar-refractivity contribution in [3.05, 3.63) is 77.6 Å². The molecule has 0 spiro atoms. The number of para-hydroxylation sites is 1. The molecule has 0 radical (unpaired) electrons. The van der Waals surface area contributed by atoms with Gasteiger partial charge in [-0.2, -0.15) is 5.10 Å². The van der Waals surface area contributed by atoms with Crippen LogP contribution in [0.4, 0.5) is 5.69 Å². The second-order valence-electron chi connectivity index (χ2n) is 5.46. The fourth-order valence-corrected chi connectivity index (χ4v) is 3.33. The van der Waals surface area contributed by atoms with Gasteiger partial charge >= 0.3 is 0 Å². The summed E-state index contributed by atoms with van der Waals surface area (Å²) in [7, 11) is 0. The molecule has 0 saturated heterocycles. The summed E-state index contributed by atoms with van der Waals surface area (Å²) in [5.74, 6) is 0.726. The van der Waals surface area contributed by atoms with Gasteiger partial charge in [-0.15, -0.1) is 11.8 Å². The van der Waals surface area contributed by atoms with E-state index in [0.29, 0.717) is 13.0 Å². The Kier molecular flexibility index (Phi) is 6.14. The van der Waals surface area contributed by atoms with Crippen LogP contribution in [0.5, 0.6) is 0 Å². The first-order valence-corrected chi connectivity index (χ1v) is 9.30. The highest BCUT2D eigenvalue weighted by Crippen LogP contribution is 2.22. The number of aromatic nitrogens is 2. The van der Waals surface area contributed by atoms with Crippen molar-refractivity contribution < 1.29 is 4.79 Å². The van der Waals surface area contributed by atoms with Crippen LogP contribution in [0, 0.1) is 0 Å². The molecule has 0 saturated carbocycles. The molecule has 6 heteroatoms. The molecule has 0 aliphatic carbocycles. The van der Waals surface area contributed by atoms with Crippen LogP contribution in [-0.2, 0) is 11.3 Å². The number of thioether (sulfide) groups is 1. The average Bonchev–Trinajstić information content (AvgIpc) is 3.11. The number of hydrogen-bond acceptors (Lipinski definition) is 3. The summed E-state index contributed by atoms with van der Waals surface area (Å²) in [6, 6.07) is 17.3. The van der Waals surface area contributed by atoms with Crippen LogP contribution in [0.15, 0.2) is 71.9 Å². The van der Waals surface area contributed by atoms with Gasteiger partial charge in [-0.3, -0.25) is 9.48 Å². The molecule has 1 N–H and O–H groups in total. The van der Waals surface area contributed by atoms with E-state index in [-0.39, 0.29) is 5.91 Å². The summed E-state index contributed by atoms with van der Waals surface area (Å²) in [4.78, 5) is 13.4. The number of rotatable bonds is 7. The third-order valence-electron chi connectivity index (χ3n) is 3.59. The van der Waals surface area contributed by atoms with Gasteiger partial charge in [0, 0.05) is 40.2 Å². The smallest absolute Gasteiger partial charge is 0.225 e. The Bertz CT molecular complexity index is 819. The molecule has 1 amide bonds. The van der Waals surface area contributed by atoms with Gasteiger partial charge in [0.25, 0.3) is 0 Å². The maximum absolute atomic E-state index is 12.2. The molecule has 2 aromatic carbocycles. The molecule has 128 valence electrons. The molecule has 0 atom stereocenters. The Labute approximate surface area is 156 Å². The number of nitrogens with zero attached hydrogens (tertiary/aromatic N) is 2. The van der Waals surface area contributed by atoms with Crippen LogP contribution in [-0.4, -0.2) is 21.4 Å². The number of anilines is 1. The highest BCUT2D eigenvalue weighted by molar-refractivity contribution is 7.99. The molecule has 1 heterocycles. The van der Waals surface area contributed by atoms with E-state index in [9.17, 15) is 4.79 Å². The number of amides is 1. The lowest BCUT2D eigenvalue weighted by atomic mass is 10.1. The van der Waals surface area contributed by atoms with Crippen molar-refractivity contribution in [3.8, 4) is 0 Å². The molecule has 0 aliphatic rings. The first-order valence-electron chi connectivity index (χ1n) is 7.94. The third kappa shape index (κ3) is 5.37. The lowest BCUT2D eigenvalue weighted by molar-refractivity contribution is -0.115. The van der Waals surface area contributed by atoms with Gasteiger partial charge < -0.3 is 5.32 Å². The topological polar surface area (TPSA) is 46.9 Å². The van der Waals surface area contributed by atoms with E-state index in [4.69, 9.17) is 11.6 Å². The van der Waals surface area contributed by atoms with Crippen molar-refractivity contribution in [3.63, 3.8) is 0 Å². The monoisotopic (exact) mass is 371 g/mol. The highest BCUT2D eigenvalue weighted by atomic mass is 35.5. The lowest BCUT2D eigenvalue weighted by Crippen LogP contribution is -2.14. The normalized spacial score (nSPS) is 10.6. The first kappa shape index (κ1) is 17.6. The zero-order chi connectivity index (χ0) is 17.5. The van der Waals surface area contributed by atoms with Gasteiger partial charge in [0.1, 0.15) is 0 Å². The second kappa shape index (κ2) is 8.74. The standard InChI is InChI=1S/C19H18ClN3OS/c20-16-6-8-17(9-7-16)25-13-10-19(24)22-18-5-2-1-4-15(18)14-23-12-3-11-21-23/h1-9,11-12H,10,13-14H2,(H,22,24). The molecular weight excluding hydrogens is 354 g/mol. The van der Waals surface area contributed by atoms with Gasteiger partial charge in [0.2, 0.25) is 5.91 Å². The minimum absolute atomic E-state index is 0.00868. The van der Waals surface area contributed by atoms with E-state index in [2.05, 4.69) is 10.4 Å². The molecule has 3 aromatic rings. The molecule has 1 aromatic heterocycles. The molecule has 3 rings (SSSR count). The van der Waals surface area contributed by atoms with Gasteiger partial charge in [-0.1, -0.05) is 29.8 Å². The largest absolute Gasteiger partial charge is 0.326 e. The Hall–Kier alpha value is -2.24. The summed E-state index contributed by atoms with van der Waals surface area (Å²) in [6.45, 7) is 0.628. The number of halogens is 1. The number of benzene rings is 2. The number of nitrogens with one attached hydrogen (secondary N) is 1. The summed E-state index contributed by atoms with van der Waals surface area (Å²) >= 11 is 7.51. The molecule has 0 unspecified atom stereocenters. The predicted molar refractivity (Wildman–Crippen MR) is 103 cm³/mol. The quantitative estimate of drug-likeness (QED) is 0.612. The fourth-order valence-electron chi connectivity index (χ4n) is 2.35. The molecule has 0 fully saturated rings. The van der Waals surface area contributed by atoms with Crippen molar-refractivity contribution in [2.45, 2.75) is 17.9 Å². The van der Waals surface area contributed by atoms with Crippen LogP contribution in [0.25, 0.3) is 0 Å². The van der Waals surface area contributed by atoms with Crippen LogP contribution >= 0.6 is 23.4 Å². The van der Waals surface area contributed by atoms with Crippen molar-refractivity contribution >= 4 is 35.0 Å². The highest BCUT2D eigenvalue weighted by Gasteiger charge is 2.07. The van der Waals surface area contributed by atoms with Crippen molar-refractivity contribution in [2.75, 3.05) is 11.1 Å². The SMILES string of the molecule is O=C(CCSc1ccc(Cl)cc1)Nc1ccccc1Cn1cccn1. The van der Waals surface area contributed by atoms with Gasteiger partial charge in [0.15, 0.2) is 0 Å². The maximum Gasteiger partial charge on any atom is 0.225 e.